The predicted molar refractivity (Wildman–Crippen MR) is 70.2 cm³/mol. The van der Waals surface area contributed by atoms with Crippen LogP contribution in [0.1, 0.15) is 28.9 Å². The first-order valence-corrected chi connectivity index (χ1v) is 6.65. The molecule has 0 fully saturated rings. The second-order valence-corrected chi connectivity index (χ2v) is 5.18. The van der Waals surface area contributed by atoms with Gasteiger partial charge in [0.2, 0.25) is 0 Å². The predicted octanol–water partition coefficient (Wildman–Crippen LogP) is 2.08. The van der Waals surface area contributed by atoms with E-state index in [4.69, 9.17) is 0 Å². The third kappa shape index (κ3) is 2.92. The SMILES string of the molecule is CNC(CCc1ccnn1C)c1csc(C)n1. The molecule has 0 saturated heterocycles. The minimum atomic E-state index is 0.329. The van der Waals surface area contributed by atoms with Crippen molar-refractivity contribution < 1.29 is 0 Å². The number of nitrogens with one attached hydrogen (secondary N) is 1. The number of aromatic nitrogens is 3. The van der Waals surface area contributed by atoms with Crippen LogP contribution in [0.25, 0.3) is 0 Å². The van der Waals surface area contributed by atoms with E-state index in [1.165, 1.54) is 5.69 Å². The summed E-state index contributed by atoms with van der Waals surface area (Å²) in [6, 6.07) is 2.40. The molecular weight excluding hydrogens is 232 g/mol. The van der Waals surface area contributed by atoms with Crippen LogP contribution in [-0.2, 0) is 13.5 Å². The highest BCUT2D eigenvalue weighted by atomic mass is 32.1. The molecule has 0 aliphatic rings. The van der Waals surface area contributed by atoms with Gasteiger partial charge in [-0.25, -0.2) is 4.98 Å². The third-order valence-electron chi connectivity index (χ3n) is 2.95. The number of aryl methyl sites for hydroxylation is 3. The molecule has 0 aromatic carbocycles. The van der Waals surface area contributed by atoms with Gasteiger partial charge in [0.05, 0.1) is 16.7 Å². The van der Waals surface area contributed by atoms with Crippen LogP contribution >= 0.6 is 11.3 Å². The first-order valence-electron chi connectivity index (χ1n) is 5.77. The van der Waals surface area contributed by atoms with Crippen molar-refractivity contribution in [2.24, 2.45) is 7.05 Å². The van der Waals surface area contributed by atoms with Crippen LogP contribution in [0.15, 0.2) is 17.6 Å². The Balaban J connectivity index is 1.99. The smallest absolute Gasteiger partial charge is 0.0898 e. The van der Waals surface area contributed by atoms with Gasteiger partial charge in [-0.1, -0.05) is 0 Å². The molecule has 17 heavy (non-hydrogen) atoms. The lowest BCUT2D eigenvalue weighted by Crippen LogP contribution is -2.18. The second-order valence-electron chi connectivity index (χ2n) is 4.12. The summed E-state index contributed by atoms with van der Waals surface area (Å²) >= 11 is 1.71. The van der Waals surface area contributed by atoms with Crippen LogP contribution in [0.5, 0.6) is 0 Å². The van der Waals surface area contributed by atoms with Gasteiger partial charge >= 0.3 is 0 Å². The molecule has 0 saturated carbocycles. The van der Waals surface area contributed by atoms with Crippen molar-refractivity contribution in [2.45, 2.75) is 25.8 Å². The van der Waals surface area contributed by atoms with Crippen molar-refractivity contribution in [3.8, 4) is 0 Å². The molecule has 2 heterocycles. The molecule has 0 amide bonds. The van der Waals surface area contributed by atoms with E-state index in [1.54, 1.807) is 11.3 Å². The lowest BCUT2D eigenvalue weighted by molar-refractivity contribution is 0.525. The molecule has 2 aromatic rings. The lowest BCUT2D eigenvalue weighted by Gasteiger charge is -2.13. The fourth-order valence-corrected chi connectivity index (χ4v) is 2.59. The Kier molecular flexibility index (Phi) is 3.91. The molecule has 0 spiro atoms. The van der Waals surface area contributed by atoms with Crippen molar-refractivity contribution in [1.29, 1.82) is 0 Å². The van der Waals surface area contributed by atoms with E-state index in [2.05, 4.69) is 26.8 Å². The second kappa shape index (κ2) is 5.42. The average Bonchev–Trinajstić information content (AvgIpc) is 2.90. The molecule has 0 radical (unpaired) electrons. The maximum Gasteiger partial charge on any atom is 0.0898 e. The van der Waals surface area contributed by atoms with Gasteiger partial charge in [0.25, 0.3) is 0 Å². The number of thiazole rings is 1. The zero-order chi connectivity index (χ0) is 12.3. The zero-order valence-electron chi connectivity index (χ0n) is 10.5. The maximum atomic E-state index is 4.54. The number of rotatable bonds is 5. The van der Waals surface area contributed by atoms with Crippen molar-refractivity contribution in [3.05, 3.63) is 34.0 Å². The summed E-state index contributed by atoms with van der Waals surface area (Å²) in [5, 5.41) is 10.8. The Bertz CT molecular complexity index is 474. The molecular formula is C12H18N4S. The minimum Gasteiger partial charge on any atom is -0.312 e. The van der Waals surface area contributed by atoms with Crippen LogP contribution in [0.2, 0.25) is 0 Å². The van der Waals surface area contributed by atoms with E-state index >= 15 is 0 Å². The molecule has 1 N–H and O–H groups in total. The highest BCUT2D eigenvalue weighted by Gasteiger charge is 2.13. The number of hydrogen-bond donors (Lipinski definition) is 1. The standard InChI is InChI=1S/C12H18N4S/c1-9-15-12(8-17-9)11(13-2)5-4-10-6-7-14-16(10)3/h6-8,11,13H,4-5H2,1-3H3. The van der Waals surface area contributed by atoms with Gasteiger partial charge < -0.3 is 5.32 Å². The average molecular weight is 250 g/mol. The minimum absolute atomic E-state index is 0.329. The molecule has 92 valence electrons. The normalized spacial score (nSPS) is 12.9. The Morgan fingerprint density at radius 1 is 1.53 bits per heavy atom. The Morgan fingerprint density at radius 3 is 2.88 bits per heavy atom. The van der Waals surface area contributed by atoms with Crippen LogP contribution < -0.4 is 5.32 Å². The largest absolute Gasteiger partial charge is 0.312 e. The van der Waals surface area contributed by atoms with Gasteiger partial charge in [-0.3, -0.25) is 4.68 Å². The van der Waals surface area contributed by atoms with Crippen LogP contribution in [0, 0.1) is 6.92 Å². The van der Waals surface area contributed by atoms with Crippen molar-refractivity contribution in [3.63, 3.8) is 0 Å². The lowest BCUT2D eigenvalue weighted by atomic mass is 10.1. The topological polar surface area (TPSA) is 42.7 Å². The molecule has 2 aromatic heterocycles. The quantitative estimate of drug-likeness (QED) is 0.883. The van der Waals surface area contributed by atoms with Gasteiger partial charge in [-0.15, -0.1) is 11.3 Å². The summed E-state index contributed by atoms with van der Waals surface area (Å²) in [7, 11) is 3.97. The van der Waals surface area contributed by atoms with E-state index in [9.17, 15) is 0 Å². The molecule has 5 heteroatoms. The highest BCUT2D eigenvalue weighted by molar-refractivity contribution is 7.09. The van der Waals surface area contributed by atoms with E-state index in [-0.39, 0.29) is 0 Å². The van der Waals surface area contributed by atoms with Crippen LogP contribution in [0.4, 0.5) is 0 Å². The van der Waals surface area contributed by atoms with E-state index in [1.807, 2.05) is 31.9 Å². The van der Waals surface area contributed by atoms with Crippen molar-refractivity contribution >= 4 is 11.3 Å². The first kappa shape index (κ1) is 12.3. The van der Waals surface area contributed by atoms with Gasteiger partial charge in [-0.2, -0.15) is 5.10 Å². The Morgan fingerprint density at radius 2 is 2.35 bits per heavy atom. The molecule has 4 nitrogen and oxygen atoms in total. The van der Waals surface area contributed by atoms with E-state index in [0.717, 1.165) is 23.5 Å². The van der Waals surface area contributed by atoms with E-state index in [0.29, 0.717) is 6.04 Å². The third-order valence-corrected chi connectivity index (χ3v) is 3.75. The van der Waals surface area contributed by atoms with Gasteiger partial charge in [0.1, 0.15) is 0 Å². The molecule has 0 aliphatic heterocycles. The van der Waals surface area contributed by atoms with Crippen molar-refractivity contribution in [1.82, 2.24) is 20.1 Å². The van der Waals surface area contributed by atoms with Gasteiger partial charge in [0.15, 0.2) is 0 Å². The molecule has 0 aliphatic carbocycles. The summed E-state index contributed by atoms with van der Waals surface area (Å²) in [4.78, 5) is 4.54. The summed E-state index contributed by atoms with van der Waals surface area (Å²) in [5.74, 6) is 0. The summed E-state index contributed by atoms with van der Waals surface area (Å²) in [5.41, 5.74) is 2.41. The Hall–Kier alpha value is -1.20. The molecule has 1 unspecified atom stereocenters. The number of hydrogen-bond acceptors (Lipinski definition) is 4. The van der Waals surface area contributed by atoms with Crippen LogP contribution in [0.3, 0.4) is 0 Å². The monoisotopic (exact) mass is 250 g/mol. The van der Waals surface area contributed by atoms with Crippen LogP contribution in [-0.4, -0.2) is 21.8 Å². The van der Waals surface area contributed by atoms with E-state index < -0.39 is 0 Å². The van der Waals surface area contributed by atoms with Gasteiger partial charge in [-0.05, 0) is 32.9 Å². The Labute approximate surface area is 106 Å². The first-order chi connectivity index (χ1) is 8.20. The molecule has 1 atom stereocenters. The fraction of sp³-hybridized carbons (Fsp3) is 0.500. The number of nitrogens with zero attached hydrogens (tertiary/aromatic N) is 3. The maximum absolute atomic E-state index is 4.54. The fourth-order valence-electron chi connectivity index (χ4n) is 1.92. The molecule has 2 rings (SSSR count). The van der Waals surface area contributed by atoms with Crippen molar-refractivity contribution in [2.75, 3.05) is 7.05 Å². The molecule has 0 bridgehead atoms. The summed E-state index contributed by atoms with van der Waals surface area (Å²) < 4.78 is 1.93. The summed E-state index contributed by atoms with van der Waals surface area (Å²) in [6.07, 6.45) is 3.90. The van der Waals surface area contributed by atoms with Gasteiger partial charge in [0, 0.05) is 24.3 Å². The highest BCUT2D eigenvalue weighted by Crippen LogP contribution is 2.20. The summed E-state index contributed by atoms with van der Waals surface area (Å²) in [6.45, 7) is 2.04. The zero-order valence-corrected chi connectivity index (χ0v) is 11.3.